The first-order valence-corrected chi connectivity index (χ1v) is 6.36. The molecule has 6 heteroatoms. The van der Waals surface area contributed by atoms with Crippen molar-refractivity contribution in [2.45, 2.75) is 19.3 Å². The van der Waals surface area contributed by atoms with Gasteiger partial charge in [0.2, 0.25) is 0 Å². The van der Waals surface area contributed by atoms with Gasteiger partial charge in [-0.2, -0.15) is 0 Å². The average molecular weight is 221 g/mol. The second-order valence-electron chi connectivity index (χ2n) is 3.08. The van der Waals surface area contributed by atoms with Gasteiger partial charge in [0.25, 0.3) is 0 Å². The number of hydrogen-bond donors (Lipinski definition) is 3. The number of nitrogens with two attached hydrogens (primary N) is 1. The Kier molecular flexibility index (Phi) is 8.56. The van der Waals surface area contributed by atoms with Crippen LogP contribution in [-0.4, -0.2) is 40.3 Å². The van der Waals surface area contributed by atoms with Gasteiger partial charge in [-0.1, -0.05) is 5.16 Å². The lowest BCUT2D eigenvalue weighted by atomic mass is 10.3. The van der Waals surface area contributed by atoms with Crippen LogP contribution in [0.2, 0.25) is 0 Å². The van der Waals surface area contributed by atoms with Crippen molar-refractivity contribution in [2.24, 2.45) is 10.9 Å². The molecule has 0 aliphatic heterocycles. The Hall–Kier alpha value is -0.620. The van der Waals surface area contributed by atoms with Gasteiger partial charge < -0.3 is 16.3 Å². The van der Waals surface area contributed by atoms with E-state index in [9.17, 15) is 4.21 Å². The second-order valence-corrected chi connectivity index (χ2v) is 4.63. The number of oxime groups is 1. The van der Waals surface area contributed by atoms with E-state index in [4.69, 9.17) is 10.9 Å². The third-order valence-corrected chi connectivity index (χ3v) is 2.56. The van der Waals surface area contributed by atoms with E-state index < -0.39 is 10.8 Å². The highest BCUT2D eigenvalue weighted by atomic mass is 32.2. The standard InChI is InChI=1S/C8H19N3O2S/c1-14(13)7-3-6-10-5-2-4-8(9)11-12/h10,12H,2-7H2,1H3,(H2,9,11). The van der Waals surface area contributed by atoms with Crippen molar-refractivity contribution in [3.05, 3.63) is 0 Å². The fourth-order valence-corrected chi connectivity index (χ4v) is 1.52. The smallest absolute Gasteiger partial charge is 0.139 e. The Bertz CT molecular complexity index is 197. The van der Waals surface area contributed by atoms with E-state index >= 15 is 0 Å². The zero-order valence-electron chi connectivity index (χ0n) is 8.53. The van der Waals surface area contributed by atoms with Crippen LogP contribution in [0.4, 0.5) is 0 Å². The molecule has 0 rings (SSSR count). The molecule has 0 fully saturated rings. The van der Waals surface area contributed by atoms with Crippen LogP contribution in [0.5, 0.6) is 0 Å². The fourth-order valence-electron chi connectivity index (χ4n) is 0.970. The highest BCUT2D eigenvalue weighted by Gasteiger charge is 1.94. The Morgan fingerprint density at radius 3 is 2.71 bits per heavy atom. The van der Waals surface area contributed by atoms with Gasteiger partial charge in [0, 0.05) is 29.2 Å². The number of rotatable bonds is 8. The molecule has 0 amide bonds. The molecule has 0 heterocycles. The summed E-state index contributed by atoms with van der Waals surface area (Å²) in [6.07, 6.45) is 4.08. The Balaban J connectivity index is 3.10. The summed E-state index contributed by atoms with van der Waals surface area (Å²) in [5.41, 5.74) is 5.29. The summed E-state index contributed by atoms with van der Waals surface area (Å²) in [6.45, 7) is 1.71. The van der Waals surface area contributed by atoms with Crippen LogP contribution < -0.4 is 11.1 Å². The molecular weight excluding hydrogens is 202 g/mol. The van der Waals surface area contributed by atoms with Crippen LogP contribution >= 0.6 is 0 Å². The van der Waals surface area contributed by atoms with E-state index in [1.165, 1.54) is 0 Å². The lowest BCUT2D eigenvalue weighted by Crippen LogP contribution is -2.20. The summed E-state index contributed by atoms with van der Waals surface area (Å²) >= 11 is 0. The van der Waals surface area contributed by atoms with E-state index in [0.29, 0.717) is 6.42 Å². The Morgan fingerprint density at radius 1 is 1.50 bits per heavy atom. The van der Waals surface area contributed by atoms with Crippen LogP contribution in [0.25, 0.3) is 0 Å². The zero-order chi connectivity index (χ0) is 10.8. The molecule has 5 nitrogen and oxygen atoms in total. The van der Waals surface area contributed by atoms with Crippen molar-refractivity contribution in [2.75, 3.05) is 25.1 Å². The number of amidine groups is 1. The maximum Gasteiger partial charge on any atom is 0.139 e. The summed E-state index contributed by atoms with van der Waals surface area (Å²) < 4.78 is 10.7. The quantitative estimate of drug-likeness (QED) is 0.175. The minimum absolute atomic E-state index is 0.265. The highest BCUT2D eigenvalue weighted by molar-refractivity contribution is 7.84. The molecule has 0 saturated carbocycles. The summed E-state index contributed by atoms with van der Waals surface area (Å²) in [5, 5.41) is 14.3. The third kappa shape index (κ3) is 9.47. The number of hydrogen-bond acceptors (Lipinski definition) is 4. The molecular formula is C8H19N3O2S. The number of nitrogens with one attached hydrogen (secondary N) is 1. The summed E-state index contributed by atoms with van der Waals surface area (Å²) in [4.78, 5) is 0. The molecule has 0 aromatic heterocycles. The van der Waals surface area contributed by atoms with E-state index in [1.807, 2.05) is 0 Å². The van der Waals surface area contributed by atoms with Crippen molar-refractivity contribution in [1.29, 1.82) is 0 Å². The Labute approximate surface area is 87.2 Å². The van der Waals surface area contributed by atoms with Gasteiger partial charge in [-0.05, 0) is 25.9 Å². The molecule has 84 valence electrons. The summed E-state index contributed by atoms with van der Waals surface area (Å²) in [5.74, 6) is 1.01. The molecule has 0 aromatic carbocycles. The Morgan fingerprint density at radius 2 is 2.14 bits per heavy atom. The molecule has 14 heavy (non-hydrogen) atoms. The first-order chi connectivity index (χ1) is 6.66. The van der Waals surface area contributed by atoms with Crippen LogP contribution in [0.3, 0.4) is 0 Å². The zero-order valence-corrected chi connectivity index (χ0v) is 9.35. The molecule has 0 bridgehead atoms. The van der Waals surface area contributed by atoms with E-state index in [1.54, 1.807) is 6.26 Å². The summed E-state index contributed by atoms with van der Waals surface area (Å²) in [7, 11) is -0.694. The molecule has 0 radical (unpaired) electrons. The molecule has 0 aromatic rings. The SMILES string of the molecule is CS(=O)CCCNCCCC(N)=NO. The molecule has 1 atom stereocenters. The van der Waals surface area contributed by atoms with Crippen LogP contribution in [0, 0.1) is 0 Å². The monoisotopic (exact) mass is 221 g/mol. The van der Waals surface area contributed by atoms with Crippen LogP contribution in [0.15, 0.2) is 5.16 Å². The average Bonchev–Trinajstić information content (AvgIpc) is 2.15. The third-order valence-electron chi connectivity index (χ3n) is 1.70. The predicted molar refractivity (Wildman–Crippen MR) is 59.1 cm³/mol. The summed E-state index contributed by atoms with van der Waals surface area (Å²) in [6, 6.07) is 0. The lowest BCUT2D eigenvalue weighted by molar-refractivity contribution is 0.316. The number of nitrogens with zero attached hydrogens (tertiary/aromatic N) is 1. The maximum absolute atomic E-state index is 10.7. The van der Waals surface area contributed by atoms with E-state index in [0.717, 1.165) is 31.7 Å². The molecule has 0 spiro atoms. The van der Waals surface area contributed by atoms with Gasteiger partial charge in [-0.3, -0.25) is 4.21 Å². The van der Waals surface area contributed by atoms with Crippen molar-refractivity contribution in [3.63, 3.8) is 0 Å². The van der Waals surface area contributed by atoms with Crippen LogP contribution in [0.1, 0.15) is 19.3 Å². The first kappa shape index (κ1) is 13.4. The van der Waals surface area contributed by atoms with Gasteiger partial charge in [0.05, 0.1) is 0 Å². The van der Waals surface area contributed by atoms with Gasteiger partial charge >= 0.3 is 0 Å². The largest absolute Gasteiger partial charge is 0.409 e. The van der Waals surface area contributed by atoms with Gasteiger partial charge in [-0.15, -0.1) is 0 Å². The molecule has 4 N–H and O–H groups in total. The lowest BCUT2D eigenvalue weighted by Gasteiger charge is -2.02. The van der Waals surface area contributed by atoms with Crippen molar-refractivity contribution in [3.8, 4) is 0 Å². The second kappa shape index (κ2) is 8.96. The van der Waals surface area contributed by atoms with Gasteiger partial charge in [-0.25, -0.2) is 0 Å². The van der Waals surface area contributed by atoms with Crippen LogP contribution in [-0.2, 0) is 10.8 Å². The first-order valence-electron chi connectivity index (χ1n) is 4.64. The molecule has 0 saturated heterocycles. The topological polar surface area (TPSA) is 87.7 Å². The van der Waals surface area contributed by atoms with Gasteiger partial charge in [0.15, 0.2) is 0 Å². The molecule has 0 aliphatic rings. The normalized spacial score (nSPS) is 14.2. The maximum atomic E-state index is 10.7. The fraction of sp³-hybridized carbons (Fsp3) is 0.875. The van der Waals surface area contributed by atoms with Gasteiger partial charge in [0.1, 0.15) is 5.84 Å². The van der Waals surface area contributed by atoms with E-state index in [-0.39, 0.29) is 5.84 Å². The predicted octanol–water partition coefficient (Wildman–Crippen LogP) is -0.129. The van der Waals surface area contributed by atoms with Crippen molar-refractivity contribution in [1.82, 2.24) is 5.32 Å². The van der Waals surface area contributed by atoms with Crippen molar-refractivity contribution >= 4 is 16.6 Å². The molecule has 1 unspecified atom stereocenters. The highest BCUT2D eigenvalue weighted by Crippen LogP contribution is 1.87. The molecule has 0 aliphatic carbocycles. The van der Waals surface area contributed by atoms with Crippen molar-refractivity contribution < 1.29 is 9.42 Å². The minimum atomic E-state index is -0.694. The van der Waals surface area contributed by atoms with E-state index in [2.05, 4.69) is 10.5 Å². The minimum Gasteiger partial charge on any atom is -0.409 e.